The van der Waals surface area contributed by atoms with Crippen molar-refractivity contribution < 1.29 is 22.8 Å². The summed E-state index contributed by atoms with van der Waals surface area (Å²) in [7, 11) is 0. The number of fused-ring (bicyclic) bond motifs is 1. The van der Waals surface area contributed by atoms with Gasteiger partial charge in [0.15, 0.2) is 17.4 Å². The number of halogens is 3. The molecule has 1 N–H and O–H groups in total. The number of nitrogens with one attached hydrogen (secondary N) is 1. The summed E-state index contributed by atoms with van der Waals surface area (Å²) in [5.74, 6) is -4.04. The van der Waals surface area contributed by atoms with E-state index in [1.54, 1.807) is 24.3 Å². The van der Waals surface area contributed by atoms with E-state index in [4.69, 9.17) is 0 Å². The van der Waals surface area contributed by atoms with E-state index in [0.717, 1.165) is 29.8 Å². The van der Waals surface area contributed by atoms with Crippen molar-refractivity contribution in [2.24, 2.45) is 0 Å². The zero-order valence-electron chi connectivity index (χ0n) is 17.4. The monoisotopic (exact) mass is 450 g/mol. The van der Waals surface area contributed by atoms with Gasteiger partial charge in [0.2, 0.25) is 11.3 Å². The molecule has 0 unspecified atom stereocenters. The van der Waals surface area contributed by atoms with E-state index in [1.807, 2.05) is 6.92 Å². The van der Waals surface area contributed by atoms with Crippen LogP contribution in [0.3, 0.4) is 0 Å². The summed E-state index contributed by atoms with van der Waals surface area (Å²) in [4.78, 5) is 38.6. The van der Waals surface area contributed by atoms with Gasteiger partial charge < -0.3 is 9.88 Å². The second-order valence-corrected chi connectivity index (χ2v) is 7.53. The number of anilines is 1. The molecular weight excluding hydrogens is 433 g/mol. The van der Waals surface area contributed by atoms with Crippen molar-refractivity contribution in [2.45, 2.75) is 13.5 Å². The van der Waals surface area contributed by atoms with Crippen LogP contribution in [-0.4, -0.2) is 16.3 Å². The number of rotatable bonds is 5. The molecule has 0 aliphatic carbocycles. The Morgan fingerprint density at radius 2 is 1.64 bits per heavy atom. The van der Waals surface area contributed by atoms with Crippen molar-refractivity contribution in [3.8, 4) is 0 Å². The molecule has 0 saturated heterocycles. The van der Waals surface area contributed by atoms with Gasteiger partial charge in [0.1, 0.15) is 12.4 Å². The minimum atomic E-state index is -1.12. The van der Waals surface area contributed by atoms with E-state index < -0.39 is 34.6 Å². The van der Waals surface area contributed by atoms with Gasteiger partial charge in [0.25, 0.3) is 0 Å². The minimum absolute atomic E-state index is 0.0336. The molecule has 166 valence electrons. The molecule has 0 radical (unpaired) electrons. The fourth-order valence-corrected chi connectivity index (χ4v) is 3.45. The fourth-order valence-electron chi connectivity index (χ4n) is 3.45. The number of amides is 1. The van der Waals surface area contributed by atoms with Crippen LogP contribution >= 0.6 is 0 Å². The van der Waals surface area contributed by atoms with Crippen LogP contribution < -0.4 is 10.7 Å². The summed E-state index contributed by atoms with van der Waals surface area (Å²) >= 11 is 0. The highest BCUT2D eigenvalue weighted by molar-refractivity contribution is 6.10. The van der Waals surface area contributed by atoms with Crippen molar-refractivity contribution in [1.82, 2.24) is 4.57 Å². The van der Waals surface area contributed by atoms with Crippen LogP contribution in [0.5, 0.6) is 0 Å². The third kappa shape index (κ3) is 4.55. The highest BCUT2D eigenvalue weighted by Gasteiger charge is 2.19. The molecule has 0 fully saturated rings. The number of pyridine rings is 1. The van der Waals surface area contributed by atoms with E-state index in [0.29, 0.717) is 0 Å². The number of benzene rings is 3. The number of ketones is 1. The predicted octanol–water partition coefficient (Wildman–Crippen LogP) is 4.60. The van der Waals surface area contributed by atoms with Crippen LogP contribution in [0.15, 0.2) is 71.7 Å². The third-order valence-electron chi connectivity index (χ3n) is 5.12. The molecule has 3 aromatic carbocycles. The molecule has 5 nitrogen and oxygen atoms in total. The van der Waals surface area contributed by atoms with Gasteiger partial charge in [-0.1, -0.05) is 29.8 Å². The summed E-state index contributed by atoms with van der Waals surface area (Å²) in [5.41, 5.74) is 0.586. The van der Waals surface area contributed by atoms with E-state index >= 15 is 0 Å². The summed E-state index contributed by atoms with van der Waals surface area (Å²) in [6.07, 6.45) is 1.25. The number of aryl methyl sites for hydroxylation is 1. The number of nitrogens with zero attached hydrogens (tertiary/aromatic N) is 1. The van der Waals surface area contributed by atoms with E-state index in [1.165, 1.54) is 22.9 Å². The summed E-state index contributed by atoms with van der Waals surface area (Å²) < 4.78 is 41.8. The minimum Gasteiger partial charge on any atom is -0.337 e. The van der Waals surface area contributed by atoms with Crippen molar-refractivity contribution in [2.75, 3.05) is 5.32 Å². The molecule has 1 aromatic heterocycles. The fraction of sp³-hybridized carbons (Fsp3) is 0.0800. The maximum absolute atomic E-state index is 13.9. The molecular formula is C25H17F3N2O3. The zero-order chi connectivity index (χ0) is 23.7. The Morgan fingerprint density at radius 1 is 0.909 bits per heavy atom. The first-order valence-electron chi connectivity index (χ1n) is 9.92. The van der Waals surface area contributed by atoms with Gasteiger partial charge in [-0.15, -0.1) is 0 Å². The maximum Gasteiger partial charge on any atom is 0.244 e. The Bertz CT molecular complexity index is 1460. The van der Waals surface area contributed by atoms with Crippen molar-refractivity contribution in [3.05, 3.63) is 111 Å². The summed E-state index contributed by atoms with van der Waals surface area (Å²) in [6, 6.07) is 13.0. The van der Waals surface area contributed by atoms with Crippen LogP contribution in [0, 0.1) is 24.4 Å². The quantitative estimate of drug-likeness (QED) is 0.452. The van der Waals surface area contributed by atoms with Gasteiger partial charge in [-0.05, 0) is 37.3 Å². The highest BCUT2D eigenvalue weighted by atomic mass is 19.2. The smallest absolute Gasteiger partial charge is 0.244 e. The molecule has 33 heavy (non-hydrogen) atoms. The molecule has 4 aromatic rings. The van der Waals surface area contributed by atoms with Crippen molar-refractivity contribution in [3.63, 3.8) is 0 Å². The van der Waals surface area contributed by atoms with E-state index in [2.05, 4.69) is 5.32 Å². The zero-order valence-corrected chi connectivity index (χ0v) is 17.4. The molecule has 4 rings (SSSR count). The van der Waals surface area contributed by atoms with Crippen LogP contribution in [0.2, 0.25) is 0 Å². The highest BCUT2D eigenvalue weighted by Crippen LogP contribution is 2.18. The first-order chi connectivity index (χ1) is 15.7. The molecule has 0 atom stereocenters. The first-order valence-corrected chi connectivity index (χ1v) is 9.92. The SMILES string of the molecule is Cc1ccc(C(=O)c2cn(CC(=O)Nc3ccc(F)c(F)c3)c3ccc(F)cc3c2=O)cc1. The van der Waals surface area contributed by atoms with Crippen LogP contribution in [0.1, 0.15) is 21.5 Å². The normalized spacial score (nSPS) is 10.9. The molecule has 0 spiro atoms. The molecule has 0 aliphatic rings. The van der Waals surface area contributed by atoms with E-state index in [-0.39, 0.29) is 34.3 Å². The maximum atomic E-state index is 13.9. The number of hydrogen-bond acceptors (Lipinski definition) is 3. The number of carbonyl (C=O) groups excluding carboxylic acids is 2. The molecule has 0 aliphatic heterocycles. The Morgan fingerprint density at radius 3 is 2.33 bits per heavy atom. The number of carbonyl (C=O) groups is 2. The Kier molecular flexibility index (Phi) is 5.83. The largest absolute Gasteiger partial charge is 0.337 e. The van der Waals surface area contributed by atoms with Gasteiger partial charge in [0.05, 0.1) is 11.1 Å². The average Bonchev–Trinajstić information content (AvgIpc) is 2.78. The van der Waals surface area contributed by atoms with Gasteiger partial charge in [-0.2, -0.15) is 0 Å². The lowest BCUT2D eigenvalue weighted by Crippen LogP contribution is -2.24. The van der Waals surface area contributed by atoms with Crippen LogP contribution in [-0.2, 0) is 11.3 Å². The van der Waals surface area contributed by atoms with E-state index in [9.17, 15) is 27.6 Å². The third-order valence-corrected chi connectivity index (χ3v) is 5.12. The molecule has 1 heterocycles. The standard InChI is InChI=1S/C25H17F3N2O3/c1-14-2-4-15(5-3-14)24(32)19-12-30(22-9-6-16(26)10-18(22)25(19)33)13-23(31)29-17-7-8-20(27)21(28)11-17/h2-12H,13H2,1H3,(H,29,31). The summed E-state index contributed by atoms with van der Waals surface area (Å²) in [6.45, 7) is 1.49. The molecule has 8 heteroatoms. The van der Waals surface area contributed by atoms with Gasteiger partial charge in [-0.25, -0.2) is 13.2 Å². The van der Waals surface area contributed by atoms with Crippen molar-refractivity contribution >= 4 is 28.3 Å². The van der Waals surface area contributed by atoms with Crippen LogP contribution in [0.4, 0.5) is 18.9 Å². The Labute approximate surface area is 186 Å². The second kappa shape index (κ2) is 8.74. The Balaban J connectivity index is 1.75. The molecule has 0 saturated carbocycles. The average molecular weight is 450 g/mol. The van der Waals surface area contributed by atoms with Gasteiger partial charge >= 0.3 is 0 Å². The summed E-state index contributed by atoms with van der Waals surface area (Å²) in [5, 5.41) is 2.37. The number of hydrogen-bond donors (Lipinski definition) is 1. The first kappa shape index (κ1) is 22.0. The predicted molar refractivity (Wildman–Crippen MR) is 118 cm³/mol. The number of aromatic nitrogens is 1. The van der Waals surface area contributed by atoms with Crippen LogP contribution in [0.25, 0.3) is 10.9 Å². The Hall–Kier alpha value is -4.20. The van der Waals surface area contributed by atoms with Gasteiger partial charge in [0, 0.05) is 28.9 Å². The lowest BCUT2D eigenvalue weighted by atomic mass is 10.0. The topological polar surface area (TPSA) is 68.2 Å². The van der Waals surface area contributed by atoms with Gasteiger partial charge in [-0.3, -0.25) is 14.4 Å². The lowest BCUT2D eigenvalue weighted by Gasteiger charge is -2.14. The van der Waals surface area contributed by atoms with Crippen molar-refractivity contribution in [1.29, 1.82) is 0 Å². The molecule has 0 bridgehead atoms. The lowest BCUT2D eigenvalue weighted by molar-refractivity contribution is -0.116. The second-order valence-electron chi connectivity index (χ2n) is 7.53. The molecule has 1 amide bonds.